The van der Waals surface area contributed by atoms with Crippen molar-refractivity contribution in [2.24, 2.45) is 18.7 Å². The van der Waals surface area contributed by atoms with Crippen LogP contribution in [0.3, 0.4) is 0 Å². The summed E-state index contributed by atoms with van der Waals surface area (Å²) in [5.41, 5.74) is 7.62. The van der Waals surface area contributed by atoms with Crippen LogP contribution in [0.15, 0.2) is 6.20 Å². The normalized spacial score (nSPS) is 31.6. The zero-order chi connectivity index (χ0) is 10.3. The minimum absolute atomic E-state index is 0.0296. The van der Waals surface area contributed by atoms with Crippen LogP contribution in [-0.2, 0) is 19.0 Å². The fraction of sp³-hybridized carbons (Fsp3) is 0.700. The average Bonchev–Trinajstić information content (AvgIpc) is 2.54. The first-order valence-corrected chi connectivity index (χ1v) is 5.00. The molecule has 0 fully saturated rings. The van der Waals surface area contributed by atoms with Gasteiger partial charge in [0.2, 0.25) is 0 Å². The highest BCUT2D eigenvalue weighted by Gasteiger charge is 2.40. The molecule has 0 amide bonds. The van der Waals surface area contributed by atoms with Crippen LogP contribution in [0.4, 0.5) is 0 Å². The van der Waals surface area contributed by atoms with Crippen molar-refractivity contribution >= 4 is 0 Å². The van der Waals surface area contributed by atoms with E-state index >= 15 is 0 Å². The third-order valence-corrected chi connectivity index (χ3v) is 3.33. The number of aliphatic hydroxyl groups is 1. The molecule has 0 aromatic carbocycles. The first-order chi connectivity index (χ1) is 6.58. The monoisotopic (exact) mass is 195 g/mol. The van der Waals surface area contributed by atoms with E-state index in [-0.39, 0.29) is 12.5 Å². The van der Waals surface area contributed by atoms with Crippen molar-refractivity contribution in [3.8, 4) is 0 Å². The topological polar surface area (TPSA) is 64.1 Å². The molecule has 0 saturated heterocycles. The van der Waals surface area contributed by atoms with E-state index in [0.29, 0.717) is 0 Å². The van der Waals surface area contributed by atoms with Gasteiger partial charge < -0.3 is 10.8 Å². The third kappa shape index (κ3) is 1.18. The highest BCUT2D eigenvalue weighted by Crippen LogP contribution is 2.36. The zero-order valence-corrected chi connectivity index (χ0v) is 8.70. The molecule has 0 aliphatic heterocycles. The largest absolute Gasteiger partial charge is 0.394 e. The van der Waals surface area contributed by atoms with Gasteiger partial charge in [0.05, 0.1) is 17.8 Å². The van der Waals surface area contributed by atoms with Crippen molar-refractivity contribution in [1.29, 1.82) is 0 Å². The number of nitrogens with two attached hydrogens (primary N) is 1. The Balaban J connectivity index is 2.51. The molecule has 0 spiro atoms. The van der Waals surface area contributed by atoms with Crippen LogP contribution in [-0.4, -0.2) is 21.5 Å². The summed E-state index contributed by atoms with van der Waals surface area (Å²) < 4.78 is 1.78. The van der Waals surface area contributed by atoms with Gasteiger partial charge in [0.25, 0.3) is 0 Å². The van der Waals surface area contributed by atoms with Gasteiger partial charge in [-0.15, -0.1) is 0 Å². The molecule has 2 rings (SSSR count). The molecule has 1 aromatic rings. The van der Waals surface area contributed by atoms with Crippen molar-refractivity contribution in [3.05, 3.63) is 17.5 Å². The molecule has 0 radical (unpaired) electrons. The van der Waals surface area contributed by atoms with E-state index < -0.39 is 5.54 Å². The van der Waals surface area contributed by atoms with E-state index in [9.17, 15) is 5.11 Å². The molecule has 1 aromatic heterocycles. The Labute approximate surface area is 83.7 Å². The molecule has 1 aliphatic rings. The van der Waals surface area contributed by atoms with Crippen molar-refractivity contribution in [3.63, 3.8) is 0 Å². The number of nitrogens with zero attached hydrogens (tertiary/aromatic N) is 2. The molecular weight excluding hydrogens is 178 g/mol. The fourth-order valence-electron chi connectivity index (χ4n) is 2.21. The van der Waals surface area contributed by atoms with E-state index in [1.807, 2.05) is 13.2 Å². The summed E-state index contributed by atoms with van der Waals surface area (Å²) >= 11 is 0. The van der Waals surface area contributed by atoms with Gasteiger partial charge in [-0.1, -0.05) is 6.92 Å². The minimum Gasteiger partial charge on any atom is -0.394 e. The van der Waals surface area contributed by atoms with E-state index in [4.69, 9.17) is 5.73 Å². The Morgan fingerprint density at radius 1 is 1.79 bits per heavy atom. The van der Waals surface area contributed by atoms with Gasteiger partial charge in [-0.2, -0.15) is 5.10 Å². The van der Waals surface area contributed by atoms with Crippen LogP contribution >= 0.6 is 0 Å². The van der Waals surface area contributed by atoms with Gasteiger partial charge in [0, 0.05) is 13.2 Å². The molecule has 3 N–H and O–H groups in total. The second kappa shape index (κ2) is 3.07. The molecule has 78 valence electrons. The maximum absolute atomic E-state index is 9.40. The molecular formula is C10H17N3O. The lowest BCUT2D eigenvalue weighted by atomic mass is 9.74. The lowest BCUT2D eigenvalue weighted by Crippen LogP contribution is -2.49. The summed E-state index contributed by atoms with van der Waals surface area (Å²) in [6.45, 7) is 2.05. The first-order valence-electron chi connectivity index (χ1n) is 5.00. The molecule has 2 atom stereocenters. The summed E-state index contributed by atoms with van der Waals surface area (Å²) in [4.78, 5) is 0. The Morgan fingerprint density at radius 3 is 3.14 bits per heavy atom. The highest BCUT2D eigenvalue weighted by molar-refractivity contribution is 5.29. The maximum atomic E-state index is 9.40. The second-order valence-corrected chi connectivity index (χ2v) is 4.31. The molecule has 1 heterocycles. The van der Waals surface area contributed by atoms with Crippen molar-refractivity contribution in [2.45, 2.75) is 25.3 Å². The van der Waals surface area contributed by atoms with Gasteiger partial charge in [-0.05, 0) is 24.3 Å². The molecule has 2 unspecified atom stereocenters. The van der Waals surface area contributed by atoms with Gasteiger partial charge in [-0.25, -0.2) is 0 Å². The van der Waals surface area contributed by atoms with Gasteiger partial charge in [0.1, 0.15) is 0 Å². The van der Waals surface area contributed by atoms with Crippen LogP contribution < -0.4 is 5.73 Å². The number of aromatic nitrogens is 2. The minimum atomic E-state index is -0.644. The molecule has 4 heteroatoms. The van der Waals surface area contributed by atoms with E-state index in [0.717, 1.165) is 18.5 Å². The summed E-state index contributed by atoms with van der Waals surface area (Å²) in [5.74, 6) is 0.287. The van der Waals surface area contributed by atoms with Gasteiger partial charge in [-0.3, -0.25) is 4.68 Å². The van der Waals surface area contributed by atoms with Crippen LogP contribution in [0.1, 0.15) is 24.6 Å². The lowest BCUT2D eigenvalue weighted by molar-refractivity contribution is 0.129. The average molecular weight is 195 g/mol. The second-order valence-electron chi connectivity index (χ2n) is 4.31. The van der Waals surface area contributed by atoms with E-state index in [2.05, 4.69) is 12.0 Å². The predicted octanol–water partition coefficient (Wildman–Crippen LogP) is 0.149. The van der Waals surface area contributed by atoms with Crippen molar-refractivity contribution in [2.75, 3.05) is 6.61 Å². The van der Waals surface area contributed by atoms with Crippen LogP contribution in [0, 0.1) is 5.92 Å². The van der Waals surface area contributed by atoms with Crippen LogP contribution in [0.25, 0.3) is 0 Å². The quantitative estimate of drug-likeness (QED) is 0.670. The molecule has 4 nitrogen and oxygen atoms in total. The van der Waals surface area contributed by atoms with Crippen LogP contribution in [0.5, 0.6) is 0 Å². The summed E-state index contributed by atoms with van der Waals surface area (Å²) in [6.07, 6.45) is 4.04. The molecule has 14 heavy (non-hydrogen) atoms. The predicted molar refractivity (Wildman–Crippen MR) is 53.6 cm³/mol. The summed E-state index contributed by atoms with van der Waals surface area (Å²) in [7, 11) is 1.89. The zero-order valence-electron chi connectivity index (χ0n) is 8.70. The number of aliphatic hydroxyl groups excluding tert-OH is 1. The van der Waals surface area contributed by atoms with Crippen molar-refractivity contribution in [1.82, 2.24) is 9.78 Å². The molecule has 0 bridgehead atoms. The highest BCUT2D eigenvalue weighted by atomic mass is 16.3. The number of hydrogen-bond acceptors (Lipinski definition) is 3. The number of hydrogen-bond donors (Lipinski definition) is 2. The number of fused-ring (bicyclic) bond motifs is 1. The maximum Gasteiger partial charge on any atom is 0.0881 e. The molecule has 0 saturated carbocycles. The number of rotatable bonds is 1. The van der Waals surface area contributed by atoms with E-state index in [1.165, 1.54) is 5.56 Å². The summed E-state index contributed by atoms with van der Waals surface area (Å²) in [5, 5.41) is 13.8. The van der Waals surface area contributed by atoms with E-state index in [1.54, 1.807) is 4.68 Å². The third-order valence-electron chi connectivity index (χ3n) is 3.33. The van der Waals surface area contributed by atoms with Gasteiger partial charge >= 0.3 is 0 Å². The summed E-state index contributed by atoms with van der Waals surface area (Å²) in [6, 6.07) is 0. The smallest absolute Gasteiger partial charge is 0.0881 e. The SMILES string of the molecule is CC1CCc2cn(C)nc2C1(N)CO. The van der Waals surface area contributed by atoms with Gasteiger partial charge in [0.15, 0.2) is 0 Å². The lowest BCUT2D eigenvalue weighted by Gasteiger charge is -2.36. The van der Waals surface area contributed by atoms with Crippen molar-refractivity contribution < 1.29 is 5.11 Å². The Hall–Kier alpha value is -0.870. The molecule has 1 aliphatic carbocycles. The first kappa shape index (κ1) is 9.68. The van der Waals surface area contributed by atoms with Crippen LogP contribution in [0.2, 0.25) is 0 Å². The fourth-order valence-corrected chi connectivity index (χ4v) is 2.21. The standard InChI is InChI=1S/C10H17N3O/c1-7-3-4-8-5-13(2)12-9(8)10(7,11)6-14/h5,7,14H,3-4,6,11H2,1-2H3. The Kier molecular flexibility index (Phi) is 2.12. The number of aryl methyl sites for hydroxylation is 2. The Bertz CT molecular complexity index is 347. The Morgan fingerprint density at radius 2 is 2.50 bits per heavy atom.